The van der Waals surface area contributed by atoms with E-state index in [0.717, 1.165) is 15.8 Å². The number of hydrogen-bond donors (Lipinski definition) is 2. The summed E-state index contributed by atoms with van der Waals surface area (Å²) in [6.07, 6.45) is 1.62. The second kappa shape index (κ2) is 6.91. The Bertz CT molecular complexity index is 570. The molecule has 20 heavy (non-hydrogen) atoms. The van der Waals surface area contributed by atoms with Crippen LogP contribution in [0.2, 0.25) is 0 Å². The van der Waals surface area contributed by atoms with Crippen LogP contribution in [0, 0.1) is 0 Å². The number of nitrogens with zero attached hydrogens (tertiary/aromatic N) is 1. The first kappa shape index (κ1) is 14.3. The SMILES string of the molecule is COc1ccc(NCC(=O)Nc2ccc(Br)cc2)cn1. The monoisotopic (exact) mass is 335 g/mol. The van der Waals surface area contributed by atoms with Crippen LogP contribution in [0.1, 0.15) is 0 Å². The van der Waals surface area contributed by atoms with Crippen molar-refractivity contribution >= 4 is 33.2 Å². The van der Waals surface area contributed by atoms with Gasteiger partial charge in [0, 0.05) is 16.2 Å². The zero-order valence-electron chi connectivity index (χ0n) is 10.9. The summed E-state index contributed by atoms with van der Waals surface area (Å²) < 4.78 is 5.93. The molecular formula is C14H14BrN3O2. The number of carbonyl (C=O) groups excluding carboxylic acids is 1. The fourth-order valence-corrected chi connectivity index (χ4v) is 1.79. The molecule has 0 saturated carbocycles. The molecule has 0 unspecified atom stereocenters. The summed E-state index contributed by atoms with van der Waals surface area (Å²) >= 11 is 3.34. The van der Waals surface area contributed by atoms with Crippen LogP contribution < -0.4 is 15.4 Å². The Labute approximate surface area is 125 Å². The number of ether oxygens (including phenoxy) is 1. The molecule has 1 heterocycles. The molecule has 5 nitrogen and oxygen atoms in total. The Hall–Kier alpha value is -2.08. The molecule has 0 aliphatic rings. The van der Waals surface area contributed by atoms with Gasteiger partial charge in [-0.05, 0) is 30.3 Å². The second-order valence-corrected chi connectivity index (χ2v) is 4.91. The number of aromatic nitrogens is 1. The van der Waals surface area contributed by atoms with Crippen molar-refractivity contribution in [1.29, 1.82) is 0 Å². The molecule has 2 rings (SSSR count). The molecule has 0 fully saturated rings. The van der Waals surface area contributed by atoms with E-state index in [1.807, 2.05) is 24.3 Å². The molecule has 0 aliphatic heterocycles. The number of halogens is 1. The number of methoxy groups -OCH3 is 1. The second-order valence-electron chi connectivity index (χ2n) is 4.00. The van der Waals surface area contributed by atoms with Crippen LogP contribution in [-0.4, -0.2) is 24.5 Å². The molecule has 6 heteroatoms. The lowest BCUT2D eigenvalue weighted by atomic mass is 10.3. The van der Waals surface area contributed by atoms with Crippen LogP contribution in [0.5, 0.6) is 5.88 Å². The molecule has 0 radical (unpaired) electrons. The van der Waals surface area contributed by atoms with Crippen molar-refractivity contribution in [3.8, 4) is 5.88 Å². The van der Waals surface area contributed by atoms with Crippen molar-refractivity contribution < 1.29 is 9.53 Å². The van der Waals surface area contributed by atoms with Gasteiger partial charge >= 0.3 is 0 Å². The molecule has 0 spiro atoms. The van der Waals surface area contributed by atoms with E-state index in [0.29, 0.717) is 5.88 Å². The third-order valence-electron chi connectivity index (χ3n) is 2.53. The highest BCUT2D eigenvalue weighted by Crippen LogP contribution is 2.14. The maximum absolute atomic E-state index is 11.8. The van der Waals surface area contributed by atoms with Crippen molar-refractivity contribution in [2.45, 2.75) is 0 Å². The zero-order valence-corrected chi connectivity index (χ0v) is 12.5. The number of anilines is 2. The number of benzene rings is 1. The van der Waals surface area contributed by atoms with Gasteiger partial charge in [0.25, 0.3) is 0 Å². The van der Waals surface area contributed by atoms with Gasteiger partial charge in [-0.25, -0.2) is 4.98 Å². The summed E-state index contributed by atoms with van der Waals surface area (Å²) in [6.45, 7) is 0.171. The Morgan fingerprint density at radius 1 is 1.20 bits per heavy atom. The van der Waals surface area contributed by atoms with Gasteiger partial charge in [-0.3, -0.25) is 4.79 Å². The van der Waals surface area contributed by atoms with Crippen molar-refractivity contribution in [3.63, 3.8) is 0 Å². The van der Waals surface area contributed by atoms with Crippen LogP contribution in [0.15, 0.2) is 47.1 Å². The van der Waals surface area contributed by atoms with E-state index in [1.165, 1.54) is 0 Å². The van der Waals surface area contributed by atoms with Crippen LogP contribution in [0.4, 0.5) is 11.4 Å². The minimum Gasteiger partial charge on any atom is -0.481 e. The van der Waals surface area contributed by atoms with Gasteiger partial charge in [0.05, 0.1) is 25.5 Å². The highest BCUT2D eigenvalue weighted by atomic mass is 79.9. The van der Waals surface area contributed by atoms with Crippen LogP contribution in [0.25, 0.3) is 0 Å². The number of hydrogen-bond acceptors (Lipinski definition) is 4. The number of carbonyl (C=O) groups is 1. The van der Waals surface area contributed by atoms with Crippen molar-refractivity contribution in [2.24, 2.45) is 0 Å². The maximum atomic E-state index is 11.8. The van der Waals surface area contributed by atoms with E-state index in [2.05, 4.69) is 31.5 Å². The van der Waals surface area contributed by atoms with Crippen molar-refractivity contribution in [2.75, 3.05) is 24.3 Å². The predicted octanol–water partition coefficient (Wildman–Crippen LogP) is 2.90. The average Bonchev–Trinajstić information content (AvgIpc) is 2.48. The Morgan fingerprint density at radius 3 is 2.50 bits per heavy atom. The van der Waals surface area contributed by atoms with E-state index < -0.39 is 0 Å². The number of amides is 1. The normalized spacial score (nSPS) is 9.90. The molecule has 1 amide bonds. The third-order valence-corrected chi connectivity index (χ3v) is 3.06. The van der Waals surface area contributed by atoms with E-state index >= 15 is 0 Å². The third kappa shape index (κ3) is 4.24. The van der Waals surface area contributed by atoms with E-state index in [-0.39, 0.29) is 12.5 Å². The van der Waals surface area contributed by atoms with Gasteiger partial charge < -0.3 is 15.4 Å². The lowest BCUT2D eigenvalue weighted by Crippen LogP contribution is -2.21. The summed E-state index contributed by atoms with van der Waals surface area (Å²) in [5.74, 6) is 0.415. The summed E-state index contributed by atoms with van der Waals surface area (Å²) in [5, 5.41) is 5.78. The molecule has 2 N–H and O–H groups in total. The standard InChI is InChI=1S/C14H14BrN3O2/c1-20-14-7-6-12(8-17-14)16-9-13(19)18-11-4-2-10(15)3-5-11/h2-8,16H,9H2,1H3,(H,18,19). The molecule has 1 aromatic carbocycles. The van der Waals surface area contributed by atoms with Gasteiger partial charge in [-0.2, -0.15) is 0 Å². The van der Waals surface area contributed by atoms with Crippen molar-refractivity contribution in [3.05, 3.63) is 47.1 Å². The Balaban J connectivity index is 1.83. The molecule has 0 atom stereocenters. The first-order valence-corrected chi connectivity index (χ1v) is 6.76. The lowest BCUT2D eigenvalue weighted by molar-refractivity contribution is -0.114. The fraction of sp³-hybridized carbons (Fsp3) is 0.143. The smallest absolute Gasteiger partial charge is 0.243 e. The summed E-state index contributed by atoms with van der Waals surface area (Å²) in [6, 6.07) is 10.9. The summed E-state index contributed by atoms with van der Waals surface area (Å²) in [7, 11) is 1.56. The highest BCUT2D eigenvalue weighted by Gasteiger charge is 2.02. The van der Waals surface area contributed by atoms with Gasteiger partial charge in [0.1, 0.15) is 0 Å². The van der Waals surface area contributed by atoms with Gasteiger partial charge in [0.15, 0.2) is 0 Å². The first-order chi connectivity index (χ1) is 9.67. The van der Waals surface area contributed by atoms with Gasteiger partial charge in [-0.1, -0.05) is 15.9 Å². The van der Waals surface area contributed by atoms with Gasteiger partial charge in [-0.15, -0.1) is 0 Å². The molecule has 1 aromatic heterocycles. The topological polar surface area (TPSA) is 63.2 Å². The quantitative estimate of drug-likeness (QED) is 0.881. The zero-order chi connectivity index (χ0) is 14.4. The number of rotatable bonds is 5. The maximum Gasteiger partial charge on any atom is 0.243 e. The van der Waals surface area contributed by atoms with E-state index in [4.69, 9.17) is 4.74 Å². The molecule has 2 aromatic rings. The number of pyridine rings is 1. The molecule has 104 valence electrons. The fourth-order valence-electron chi connectivity index (χ4n) is 1.53. The average molecular weight is 336 g/mol. The molecule has 0 bridgehead atoms. The number of nitrogens with one attached hydrogen (secondary N) is 2. The van der Waals surface area contributed by atoms with Gasteiger partial charge in [0.2, 0.25) is 11.8 Å². The van der Waals surface area contributed by atoms with Crippen LogP contribution >= 0.6 is 15.9 Å². The van der Waals surface area contributed by atoms with E-state index in [9.17, 15) is 4.79 Å². The van der Waals surface area contributed by atoms with Crippen LogP contribution in [0.3, 0.4) is 0 Å². The summed E-state index contributed by atoms with van der Waals surface area (Å²) in [5.41, 5.74) is 1.52. The van der Waals surface area contributed by atoms with Crippen molar-refractivity contribution in [1.82, 2.24) is 4.98 Å². The summed E-state index contributed by atoms with van der Waals surface area (Å²) in [4.78, 5) is 15.8. The molecular weight excluding hydrogens is 322 g/mol. The van der Waals surface area contributed by atoms with Crippen LogP contribution in [-0.2, 0) is 4.79 Å². The lowest BCUT2D eigenvalue weighted by Gasteiger charge is -2.08. The predicted molar refractivity (Wildman–Crippen MR) is 82.1 cm³/mol. The Morgan fingerprint density at radius 2 is 1.90 bits per heavy atom. The highest BCUT2D eigenvalue weighted by molar-refractivity contribution is 9.10. The molecule has 0 saturated heterocycles. The first-order valence-electron chi connectivity index (χ1n) is 5.97. The molecule has 0 aliphatic carbocycles. The van der Waals surface area contributed by atoms with E-state index in [1.54, 1.807) is 25.4 Å². The minimum absolute atomic E-state index is 0.122. The Kier molecular flexibility index (Phi) is 4.95. The largest absolute Gasteiger partial charge is 0.481 e. The minimum atomic E-state index is -0.122.